The lowest BCUT2D eigenvalue weighted by Crippen LogP contribution is -2.15. The Hall–Kier alpha value is -2.82. The van der Waals surface area contributed by atoms with E-state index in [1.54, 1.807) is 13.3 Å². The fourth-order valence-corrected chi connectivity index (χ4v) is 3.13. The Kier molecular flexibility index (Phi) is 3.26. The van der Waals surface area contributed by atoms with Gasteiger partial charge in [-0.05, 0) is 41.7 Å². The number of ether oxygens (including phenoxy) is 1. The van der Waals surface area contributed by atoms with Gasteiger partial charge in [-0.3, -0.25) is 0 Å². The minimum atomic E-state index is -0.292. The van der Waals surface area contributed by atoms with E-state index in [0.29, 0.717) is 0 Å². The van der Waals surface area contributed by atoms with Crippen LogP contribution in [0.25, 0.3) is 11.3 Å². The molecule has 0 spiro atoms. The number of aromatic nitrogens is 3. The number of methoxy groups -OCH3 is 1. The van der Waals surface area contributed by atoms with Crippen molar-refractivity contribution in [1.82, 2.24) is 14.5 Å². The first-order valence-electron chi connectivity index (χ1n) is 7.63. The zero-order valence-corrected chi connectivity index (χ0v) is 12.9. The van der Waals surface area contributed by atoms with Gasteiger partial charge in [0.25, 0.3) is 0 Å². The molecule has 0 unspecified atom stereocenters. The van der Waals surface area contributed by atoms with Crippen LogP contribution in [0.4, 0.5) is 0 Å². The lowest BCUT2D eigenvalue weighted by molar-refractivity contribution is 0.414. The molecule has 3 aromatic rings. The standard InChI is InChI=1S/C18H17N3O2/c1-23-15-6-2-12(3-7-15)9-21-10-14-5-4-13-8-19-18(22)20-17(13)16(14)11-21/h2-3,6-8,10-11H,4-5,9H2,1H3,(H,19,20,22). The molecule has 5 heteroatoms. The topological polar surface area (TPSA) is 59.9 Å². The van der Waals surface area contributed by atoms with Crippen molar-refractivity contribution in [3.8, 4) is 17.0 Å². The number of H-pyrrole nitrogens is 1. The van der Waals surface area contributed by atoms with E-state index in [-0.39, 0.29) is 5.69 Å². The number of hydrogen-bond acceptors (Lipinski definition) is 3. The van der Waals surface area contributed by atoms with Crippen molar-refractivity contribution >= 4 is 0 Å². The molecule has 1 N–H and O–H groups in total. The summed E-state index contributed by atoms with van der Waals surface area (Å²) >= 11 is 0. The Labute approximate surface area is 133 Å². The van der Waals surface area contributed by atoms with Gasteiger partial charge >= 0.3 is 5.69 Å². The van der Waals surface area contributed by atoms with Crippen molar-refractivity contribution in [2.45, 2.75) is 19.4 Å². The average Bonchev–Trinajstić information content (AvgIpc) is 2.98. The molecule has 0 amide bonds. The van der Waals surface area contributed by atoms with E-state index in [0.717, 1.165) is 42.0 Å². The Bertz CT molecular complexity index is 907. The Morgan fingerprint density at radius 2 is 1.96 bits per heavy atom. The Morgan fingerprint density at radius 3 is 2.74 bits per heavy atom. The van der Waals surface area contributed by atoms with Gasteiger partial charge in [0.2, 0.25) is 0 Å². The van der Waals surface area contributed by atoms with E-state index in [1.165, 1.54) is 11.1 Å². The normalized spacial score (nSPS) is 12.6. The molecule has 5 nitrogen and oxygen atoms in total. The molecule has 0 saturated carbocycles. The highest BCUT2D eigenvalue weighted by atomic mass is 16.5. The summed E-state index contributed by atoms with van der Waals surface area (Å²) in [5, 5.41) is 0. The zero-order valence-electron chi connectivity index (χ0n) is 12.9. The SMILES string of the molecule is COc1ccc(Cn2cc3c(c2)-c2[nH]c(=O)ncc2CC3)cc1. The summed E-state index contributed by atoms with van der Waals surface area (Å²) in [5.41, 5.74) is 5.33. The quantitative estimate of drug-likeness (QED) is 0.808. The highest BCUT2D eigenvalue weighted by Gasteiger charge is 2.19. The third-order valence-electron chi connectivity index (χ3n) is 4.31. The smallest absolute Gasteiger partial charge is 0.345 e. The summed E-state index contributed by atoms with van der Waals surface area (Å²) in [6.45, 7) is 0.793. The van der Waals surface area contributed by atoms with E-state index in [9.17, 15) is 4.79 Å². The summed E-state index contributed by atoms with van der Waals surface area (Å²) in [7, 11) is 1.67. The van der Waals surface area contributed by atoms with Crippen molar-refractivity contribution < 1.29 is 4.74 Å². The van der Waals surface area contributed by atoms with Gasteiger partial charge in [0.05, 0.1) is 12.8 Å². The van der Waals surface area contributed by atoms with Crippen LogP contribution in [0.3, 0.4) is 0 Å². The fraction of sp³-hybridized carbons (Fsp3) is 0.222. The van der Waals surface area contributed by atoms with E-state index >= 15 is 0 Å². The van der Waals surface area contributed by atoms with Crippen LogP contribution < -0.4 is 10.4 Å². The van der Waals surface area contributed by atoms with Crippen molar-refractivity contribution in [1.29, 1.82) is 0 Å². The largest absolute Gasteiger partial charge is 0.497 e. The predicted octanol–water partition coefficient (Wildman–Crippen LogP) is 2.39. The van der Waals surface area contributed by atoms with Crippen LogP contribution >= 0.6 is 0 Å². The minimum absolute atomic E-state index is 0.292. The highest BCUT2D eigenvalue weighted by molar-refractivity contribution is 5.68. The number of benzene rings is 1. The number of nitrogens with zero attached hydrogens (tertiary/aromatic N) is 2. The molecule has 1 aliphatic rings. The second-order valence-corrected chi connectivity index (χ2v) is 5.81. The van der Waals surface area contributed by atoms with Crippen molar-refractivity contribution in [3.05, 3.63) is 70.0 Å². The summed E-state index contributed by atoms with van der Waals surface area (Å²) in [6.07, 6.45) is 7.86. The summed E-state index contributed by atoms with van der Waals surface area (Å²) in [5.74, 6) is 0.861. The summed E-state index contributed by atoms with van der Waals surface area (Å²) in [6, 6.07) is 8.07. The van der Waals surface area contributed by atoms with Crippen molar-refractivity contribution in [2.75, 3.05) is 7.11 Å². The first kappa shape index (κ1) is 13.8. The van der Waals surface area contributed by atoms with Crippen LogP contribution in [-0.2, 0) is 19.4 Å². The Balaban J connectivity index is 1.67. The highest BCUT2D eigenvalue weighted by Crippen LogP contribution is 2.31. The third kappa shape index (κ3) is 2.54. The van der Waals surface area contributed by atoms with Gasteiger partial charge in [0, 0.05) is 30.7 Å². The van der Waals surface area contributed by atoms with Crippen molar-refractivity contribution in [2.24, 2.45) is 0 Å². The maximum Gasteiger partial charge on any atom is 0.345 e. The van der Waals surface area contributed by atoms with Crippen LogP contribution in [0.2, 0.25) is 0 Å². The average molecular weight is 307 g/mol. The molecule has 0 saturated heterocycles. The monoisotopic (exact) mass is 307 g/mol. The van der Waals surface area contributed by atoms with Gasteiger partial charge in [-0.25, -0.2) is 9.78 Å². The van der Waals surface area contributed by atoms with Gasteiger partial charge < -0.3 is 14.3 Å². The third-order valence-corrected chi connectivity index (χ3v) is 4.31. The number of rotatable bonds is 3. The molecule has 0 atom stereocenters. The van der Waals surface area contributed by atoms with E-state index in [2.05, 4.69) is 39.1 Å². The molecule has 2 aromatic heterocycles. The predicted molar refractivity (Wildman–Crippen MR) is 87.8 cm³/mol. The summed E-state index contributed by atoms with van der Waals surface area (Å²) < 4.78 is 7.36. The lowest BCUT2D eigenvalue weighted by Gasteiger charge is -2.14. The first-order valence-corrected chi connectivity index (χ1v) is 7.63. The number of aromatic amines is 1. The molecule has 1 aliphatic carbocycles. The van der Waals surface area contributed by atoms with E-state index in [4.69, 9.17) is 4.74 Å². The lowest BCUT2D eigenvalue weighted by atomic mass is 9.93. The molecule has 0 radical (unpaired) electrons. The van der Waals surface area contributed by atoms with Crippen molar-refractivity contribution in [3.63, 3.8) is 0 Å². The van der Waals surface area contributed by atoms with Crippen LogP contribution in [0.1, 0.15) is 16.7 Å². The molecule has 0 aliphatic heterocycles. The van der Waals surface area contributed by atoms with Crippen LogP contribution in [-0.4, -0.2) is 21.6 Å². The van der Waals surface area contributed by atoms with E-state index < -0.39 is 0 Å². The summed E-state index contributed by atoms with van der Waals surface area (Å²) in [4.78, 5) is 18.2. The maximum absolute atomic E-state index is 11.5. The maximum atomic E-state index is 11.5. The zero-order chi connectivity index (χ0) is 15.8. The molecule has 23 heavy (non-hydrogen) atoms. The number of aryl methyl sites for hydroxylation is 2. The molecule has 2 heterocycles. The second-order valence-electron chi connectivity index (χ2n) is 5.81. The molecular weight excluding hydrogens is 290 g/mol. The molecule has 116 valence electrons. The molecular formula is C18H17N3O2. The van der Waals surface area contributed by atoms with Crippen LogP contribution in [0.5, 0.6) is 5.75 Å². The molecule has 1 aromatic carbocycles. The Morgan fingerprint density at radius 1 is 1.17 bits per heavy atom. The second kappa shape index (κ2) is 5.43. The number of fused-ring (bicyclic) bond motifs is 3. The number of nitrogens with one attached hydrogen (secondary N) is 1. The van der Waals surface area contributed by atoms with E-state index in [1.807, 2.05) is 12.1 Å². The molecule has 4 rings (SSSR count). The van der Waals surface area contributed by atoms with Crippen LogP contribution in [0.15, 0.2) is 47.7 Å². The number of hydrogen-bond donors (Lipinski definition) is 1. The van der Waals surface area contributed by atoms with Gasteiger partial charge in [0.15, 0.2) is 0 Å². The van der Waals surface area contributed by atoms with Gasteiger partial charge in [-0.15, -0.1) is 0 Å². The first-order chi connectivity index (χ1) is 11.2. The fourth-order valence-electron chi connectivity index (χ4n) is 3.13. The molecule has 0 fully saturated rings. The molecule has 0 bridgehead atoms. The van der Waals surface area contributed by atoms with Crippen LogP contribution in [0, 0.1) is 0 Å². The van der Waals surface area contributed by atoms with Gasteiger partial charge in [-0.1, -0.05) is 12.1 Å². The van der Waals surface area contributed by atoms with Gasteiger partial charge in [0.1, 0.15) is 5.75 Å². The minimum Gasteiger partial charge on any atom is -0.497 e. The van der Waals surface area contributed by atoms with Gasteiger partial charge in [-0.2, -0.15) is 0 Å².